The number of anilines is 2. The molecular formula is C14H16N4OS2. The van der Waals surface area contributed by atoms with Crippen molar-refractivity contribution in [3.05, 3.63) is 33.3 Å². The lowest BCUT2D eigenvalue weighted by atomic mass is 10.2. The molecule has 0 aromatic carbocycles. The molecule has 0 saturated carbocycles. The monoisotopic (exact) mass is 320 g/mol. The van der Waals surface area contributed by atoms with Gasteiger partial charge in [-0.2, -0.15) is 16.3 Å². The van der Waals surface area contributed by atoms with Crippen LogP contribution < -0.4 is 11.1 Å². The van der Waals surface area contributed by atoms with E-state index in [4.69, 9.17) is 5.73 Å². The summed E-state index contributed by atoms with van der Waals surface area (Å²) in [6, 6.07) is 4.00. The Morgan fingerprint density at radius 3 is 3.00 bits per heavy atom. The maximum absolute atomic E-state index is 10.1. The summed E-state index contributed by atoms with van der Waals surface area (Å²) in [4.78, 5) is 10.6. The molecule has 21 heavy (non-hydrogen) atoms. The molecular weight excluding hydrogens is 304 g/mol. The SMILES string of the molecule is CCc1cc2c(NCC(O)c3ccsc3)nc(N)nc2s1. The van der Waals surface area contributed by atoms with Gasteiger partial charge in [-0.15, -0.1) is 11.3 Å². The van der Waals surface area contributed by atoms with Crippen LogP contribution in [0.25, 0.3) is 10.2 Å². The molecule has 0 amide bonds. The van der Waals surface area contributed by atoms with Gasteiger partial charge in [0.25, 0.3) is 0 Å². The molecule has 0 fully saturated rings. The molecule has 3 aromatic heterocycles. The molecule has 0 aliphatic carbocycles. The van der Waals surface area contributed by atoms with E-state index in [1.165, 1.54) is 4.88 Å². The molecule has 1 unspecified atom stereocenters. The summed E-state index contributed by atoms with van der Waals surface area (Å²) in [6.45, 7) is 2.49. The molecule has 0 aliphatic heterocycles. The number of nitrogens with two attached hydrogens (primary N) is 1. The quantitative estimate of drug-likeness (QED) is 0.673. The summed E-state index contributed by atoms with van der Waals surface area (Å²) in [7, 11) is 0. The molecule has 5 nitrogen and oxygen atoms in total. The average molecular weight is 320 g/mol. The van der Waals surface area contributed by atoms with Gasteiger partial charge in [0.05, 0.1) is 11.5 Å². The number of rotatable bonds is 5. The van der Waals surface area contributed by atoms with E-state index in [0.29, 0.717) is 12.4 Å². The van der Waals surface area contributed by atoms with E-state index < -0.39 is 6.10 Å². The minimum Gasteiger partial charge on any atom is -0.387 e. The molecule has 0 aliphatic rings. The van der Waals surface area contributed by atoms with E-state index in [0.717, 1.165) is 22.2 Å². The number of aryl methyl sites for hydroxylation is 1. The van der Waals surface area contributed by atoms with E-state index in [2.05, 4.69) is 28.3 Å². The van der Waals surface area contributed by atoms with Crippen LogP contribution in [0.2, 0.25) is 0 Å². The Balaban J connectivity index is 1.84. The number of hydrogen-bond donors (Lipinski definition) is 3. The highest BCUT2D eigenvalue weighted by Gasteiger charge is 2.12. The van der Waals surface area contributed by atoms with Crippen molar-refractivity contribution >= 4 is 44.7 Å². The molecule has 1 atom stereocenters. The molecule has 0 spiro atoms. The predicted octanol–water partition coefficient (Wildman–Crippen LogP) is 3.04. The Bertz CT molecular complexity index is 739. The van der Waals surface area contributed by atoms with Gasteiger partial charge in [-0.05, 0) is 34.9 Å². The highest BCUT2D eigenvalue weighted by molar-refractivity contribution is 7.18. The molecule has 3 rings (SSSR count). The van der Waals surface area contributed by atoms with Gasteiger partial charge < -0.3 is 16.2 Å². The van der Waals surface area contributed by atoms with E-state index >= 15 is 0 Å². The number of fused-ring (bicyclic) bond motifs is 1. The predicted molar refractivity (Wildman–Crippen MR) is 89.0 cm³/mol. The second-order valence-corrected chi connectivity index (χ2v) is 6.56. The van der Waals surface area contributed by atoms with Crippen molar-refractivity contribution in [3.63, 3.8) is 0 Å². The first-order valence-electron chi connectivity index (χ1n) is 6.67. The molecule has 7 heteroatoms. The van der Waals surface area contributed by atoms with Crippen LogP contribution in [0, 0.1) is 0 Å². The largest absolute Gasteiger partial charge is 0.387 e. The van der Waals surface area contributed by atoms with Gasteiger partial charge in [0, 0.05) is 11.4 Å². The van der Waals surface area contributed by atoms with Gasteiger partial charge in [-0.1, -0.05) is 6.92 Å². The van der Waals surface area contributed by atoms with Gasteiger partial charge in [0.1, 0.15) is 10.6 Å². The van der Waals surface area contributed by atoms with Crippen LogP contribution in [-0.2, 0) is 6.42 Å². The second-order valence-electron chi connectivity index (χ2n) is 4.67. The summed E-state index contributed by atoms with van der Waals surface area (Å²) in [6.07, 6.45) is 0.393. The Kier molecular flexibility index (Phi) is 4.05. The third kappa shape index (κ3) is 2.99. The summed E-state index contributed by atoms with van der Waals surface area (Å²) in [5, 5.41) is 18.2. The normalized spacial score (nSPS) is 12.7. The van der Waals surface area contributed by atoms with Crippen LogP contribution in [-0.4, -0.2) is 21.6 Å². The van der Waals surface area contributed by atoms with Crippen LogP contribution in [0.5, 0.6) is 0 Å². The van der Waals surface area contributed by atoms with E-state index in [1.54, 1.807) is 22.7 Å². The van der Waals surface area contributed by atoms with Gasteiger partial charge in [-0.25, -0.2) is 4.98 Å². The van der Waals surface area contributed by atoms with E-state index in [9.17, 15) is 5.11 Å². The van der Waals surface area contributed by atoms with Crippen molar-refractivity contribution in [3.8, 4) is 0 Å². The van der Waals surface area contributed by atoms with Crippen molar-refractivity contribution in [2.24, 2.45) is 0 Å². The maximum Gasteiger partial charge on any atom is 0.223 e. The number of nitrogens with zero attached hydrogens (tertiary/aromatic N) is 2. The standard InChI is InChI=1S/C14H16N4OS2/c1-2-9-5-10-12(17-14(15)18-13(10)21-9)16-6-11(19)8-3-4-20-7-8/h3-5,7,11,19H,2,6H2,1H3,(H3,15,16,17,18). The number of aliphatic hydroxyl groups is 1. The summed E-state index contributed by atoms with van der Waals surface area (Å²) in [5.74, 6) is 0.933. The number of thiophene rings is 2. The lowest BCUT2D eigenvalue weighted by molar-refractivity contribution is 0.192. The van der Waals surface area contributed by atoms with Gasteiger partial charge in [-0.3, -0.25) is 0 Å². The van der Waals surface area contributed by atoms with Gasteiger partial charge >= 0.3 is 0 Å². The smallest absolute Gasteiger partial charge is 0.223 e. The second kappa shape index (κ2) is 5.97. The Labute approximate surface area is 130 Å². The maximum atomic E-state index is 10.1. The van der Waals surface area contributed by atoms with Crippen molar-refractivity contribution < 1.29 is 5.11 Å². The Morgan fingerprint density at radius 2 is 2.29 bits per heavy atom. The molecule has 3 heterocycles. The van der Waals surface area contributed by atoms with Gasteiger partial charge in [0.15, 0.2) is 0 Å². The molecule has 3 aromatic rings. The lowest BCUT2D eigenvalue weighted by Gasteiger charge is -2.11. The minimum absolute atomic E-state index is 0.250. The van der Waals surface area contributed by atoms with E-state index in [-0.39, 0.29) is 5.95 Å². The zero-order valence-corrected chi connectivity index (χ0v) is 13.2. The van der Waals surface area contributed by atoms with Crippen molar-refractivity contribution in [2.45, 2.75) is 19.4 Å². The summed E-state index contributed by atoms with van der Waals surface area (Å²) >= 11 is 3.19. The van der Waals surface area contributed by atoms with Crippen molar-refractivity contribution in [1.29, 1.82) is 0 Å². The lowest BCUT2D eigenvalue weighted by Crippen LogP contribution is -2.13. The van der Waals surface area contributed by atoms with Crippen molar-refractivity contribution in [1.82, 2.24) is 9.97 Å². The number of aliphatic hydroxyl groups excluding tert-OH is 1. The zero-order chi connectivity index (χ0) is 14.8. The highest BCUT2D eigenvalue weighted by atomic mass is 32.1. The fourth-order valence-electron chi connectivity index (χ4n) is 2.07. The minimum atomic E-state index is -0.563. The third-order valence-electron chi connectivity index (χ3n) is 3.20. The fourth-order valence-corrected chi connectivity index (χ4v) is 3.75. The first-order chi connectivity index (χ1) is 10.2. The number of aromatic nitrogens is 2. The Morgan fingerprint density at radius 1 is 1.43 bits per heavy atom. The first-order valence-corrected chi connectivity index (χ1v) is 8.43. The topological polar surface area (TPSA) is 84.1 Å². The molecule has 4 N–H and O–H groups in total. The zero-order valence-electron chi connectivity index (χ0n) is 11.5. The van der Waals surface area contributed by atoms with Gasteiger partial charge in [0.2, 0.25) is 5.95 Å². The van der Waals surface area contributed by atoms with Crippen LogP contribution in [0.1, 0.15) is 23.5 Å². The summed E-state index contributed by atoms with van der Waals surface area (Å²) in [5.41, 5.74) is 6.67. The van der Waals surface area contributed by atoms with Crippen LogP contribution in [0.15, 0.2) is 22.9 Å². The average Bonchev–Trinajstić information content (AvgIpc) is 3.12. The number of nitrogen functional groups attached to an aromatic ring is 1. The third-order valence-corrected chi connectivity index (χ3v) is 5.08. The Hall–Kier alpha value is -1.70. The first kappa shape index (κ1) is 14.2. The van der Waals surface area contributed by atoms with Crippen LogP contribution in [0.4, 0.5) is 11.8 Å². The van der Waals surface area contributed by atoms with Crippen LogP contribution >= 0.6 is 22.7 Å². The molecule has 0 radical (unpaired) electrons. The molecule has 110 valence electrons. The van der Waals surface area contributed by atoms with Crippen molar-refractivity contribution in [2.75, 3.05) is 17.6 Å². The molecule has 0 bridgehead atoms. The molecule has 0 saturated heterocycles. The van der Waals surface area contributed by atoms with Crippen LogP contribution in [0.3, 0.4) is 0 Å². The highest BCUT2D eigenvalue weighted by Crippen LogP contribution is 2.30. The van der Waals surface area contributed by atoms with E-state index in [1.807, 2.05) is 16.8 Å². The summed E-state index contributed by atoms with van der Waals surface area (Å²) < 4.78 is 0. The number of nitrogens with one attached hydrogen (secondary N) is 1. The fraction of sp³-hybridized carbons (Fsp3) is 0.286. The number of hydrogen-bond acceptors (Lipinski definition) is 7.